The first-order chi connectivity index (χ1) is 8.92. The lowest BCUT2D eigenvalue weighted by Crippen LogP contribution is -2.16. The molecule has 0 bridgehead atoms. The van der Waals surface area contributed by atoms with Crippen molar-refractivity contribution in [3.05, 3.63) is 38.3 Å². The van der Waals surface area contributed by atoms with E-state index in [9.17, 15) is 13.2 Å². The number of rotatable bonds is 4. The van der Waals surface area contributed by atoms with Crippen LogP contribution in [-0.2, 0) is 16.6 Å². The third-order valence-electron chi connectivity index (χ3n) is 2.29. The van der Waals surface area contributed by atoms with Gasteiger partial charge in [-0.15, -0.1) is 11.3 Å². The summed E-state index contributed by atoms with van der Waals surface area (Å²) in [7, 11) is -3.78. The van der Waals surface area contributed by atoms with Crippen LogP contribution < -0.4 is 10.3 Å². The van der Waals surface area contributed by atoms with Gasteiger partial charge in [-0.05, 0) is 19.1 Å². The van der Waals surface area contributed by atoms with E-state index in [2.05, 4.69) is 14.9 Å². The Morgan fingerprint density at radius 1 is 1.47 bits per heavy atom. The Morgan fingerprint density at radius 3 is 2.74 bits per heavy atom. The van der Waals surface area contributed by atoms with Gasteiger partial charge in [0, 0.05) is 15.8 Å². The molecule has 0 aromatic carbocycles. The number of aromatic nitrogens is 2. The molecule has 0 aliphatic carbocycles. The predicted molar refractivity (Wildman–Crippen MR) is 70.6 cm³/mol. The quantitative estimate of drug-likeness (QED) is 0.758. The number of hydrogen-bond donors (Lipinski definition) is 3. The maximum Gasteiger partial charge on any atom is 0.264 e. The number of aliphatic hydroxyl groups is 1. The van der Waals surface area contributed by atoms with Crippen LogP contribution in [0.1, 0.15) is 9.75 Å². The highest BCUT2D eigenvalue weighted by molar-refractivity contribution is 7.93. The van der Waals surface area contributed by atoms with E-state index in [1.807, 2.05) is 0 Å². The van der Waals surface area contributed by atoms with Crippen molar-refractivity contribution in [3.8, 4) is 0 Å². The second-order valence-corrected chi connectivity index (χ2v) is 6.69. The maximum absolute atomic E-state index is 12.1. The number of aliphatic hydroxyl groups excluding tert-OH is 1. The second kappa shape index (κ2) is 5.11. The molecule has 9 heteroatoms. The standard InChI is InChI=1S/C10H11N3O4S2/c1-6-8(4-7(5-14)18-6)19(16,17)13-9-2-3-10(15)12-11-9/h2-4,14H,5H2,1H3,(H,11,13)(H,12,15). The van der Waals surface area contributed by atoms with E-state index >= 15 is 0 Å². The molecular weight excluding hydrogens is 290 g/mol. The van der Waals surface area contributed by atoms with Crippen molar-refractivity contribution in [2.75, 3.05) is 4.72 Å². The van der Waals surface area contributed by atoms with E-state index < -0.39 is 15.6 Å². The average Bonchev–Trinajstić information content (AvgIpc) is 2.74. The minimum Gasteiger partial charge on any atom is -0.391 e. The topological polar surface area (TPSA) is 112 Å². The van der Waals surface area contributed by atoms with Gasteiger partial charge in [-0.3, -0.25) is 9.52 Å². The highest BCUT2D eigenvalue weighted by Gasteiger charge is 2.20. The summed E-state index contributed by atoms with van der Waals surface area (Å²) in [5.41, 5.74) is -0.419. The lowest BCUT2D eigenvalue weighted by Gasteiger charge is -2.05. The van der Waals surface area contributed by atoms with Crippen molar-refractivity contribution in [1.29, 1.82) is 0 Å². The summed E-state index contributed by atoms with van der Waals surface area (Å²) in [4.78, 5) is 12.1. The second-order valence-electron chi connectivity index (χ2n) is 3.70. The average molecular weight is 301 g/mol. The largest absolute Gasteiger partial charge is 0.391 e. The number of thiophene rings is 1. The van der Waals surface area contributed by atoms with Crippen LogP contribution in [0.15, 0.2) is 27.9 Å². The van der Waals surface area contributed by atoms with E-state index in [1.54, 1.807) is 6.92 Å². The number of nitrogens with one attached hydrogen (secondary N) is 2. The van der Waals surface area contributed by atoms with Crippen LogP contribution in [0.3, 0.4) is 0 Å². The molecule has 0 unspecified atom stereocenters. The van der Waals surface area contributed by atoms with E-state index in [1.165, 1.54) is 29.5 Å². The van der Waals surface area contributed by atoms with Crippen molar-refractivity contribution in [1.82, 2.24) is 10.2 Å². The SMILES string of the molecule is Cc1sc(CO)cc1S(=O)(=O)Nc1ccc(=O)[nH]n1. The lowest BCUT2D eigenvalue weighted by molar-refractivity contribution is 0.285. The zero-order chi connectivity index (χ0) is 14.0. The molecule has 2 heterocycles. The van der Waals surface area contributed by atoms with Crippen molar-refractivity contribution >= 4 is 27.2 Å². The molecule has 0 atom stereocenters. The van der Waals surface area contributed by atoms with Gasteiger partial charge in [-0.2, -0.15) is 5.10 Å². The van der Waals surface area contributed by atoms with E-state index in [0.29, 0.717) is 9.75 Å². The molecule has 7 nitrogen and oxygen atoms in total. The first-order valence-electron chi connectivity index (χ1n) is 5.21. The van der Waals surface area contributed by atoms with Gasteiger partial charge in [0.2, 0.25) is 0 Å². The van der Waals surface area contributed by atoms with E-state index in [0.717, 1.165) is 0 Å². The molecule has 102 valence electrons. The Bertz CT molecular complexity index is 728. The third-order valence-corrected chi connectivity index (χ3v) is 4.93. The molecular formula is C10H11N3O4S2. The number of sulfonamides is 1. The maximum atomic E-state index is 12.1. The molecule has 0 fully saturated rings. The number of aryl methyl sites for hydroxylation is 1. The third kappa shape index (κ3) is 3.00. The van der Waals surface area contributed by atoms with Gasteiger partial charge in [0.15, 0.2) is 5.82 Å². The van der Waals surface area contributed by atoms with Gasteiger partial charge >= 0.3 is 0 Å². The molecule has 19 heavy (non-hydrogen) atoms. The summed E-state index contributed by atoms with van der Waals surface area (Å²) >= 11 is 1.21. The fourth-order valence-electron chi connectivity index (χ4n) is 1.46. The highest BCUT2D eigenvalue weighted by atomic mass is 32.2. The normalized spacial score (nSPS) is 11.5. The van der Waals surface area contributed by atoms with Crippen LogP contribution in [-0.4, -0.2) is 23.7 Å². The molecule has 3 N–H and O–H groups in total. The minimum atomic E-state index is -3.78. The molecule has 0 aliphatic rings. The molecule has 0 radical (unpaired) electrons. The first-order valence-corrected chi connectivity index (χ1v) is 7.51. The molecule has 0 amide bonds. The molecule has 0 saturated heterocycles. The van der Waals surface area contributed by atoms with Gasteiger partial charge in [-0.25, -0.2) is 13.5 Å². The Labute approximate surface area is 113 Å². The summed E-state index contributed by atoms with van der Waals surface area (Å²) in [5.74, 6) is 0.0238. The number of nitrogens with zero attached hydrogens (tertiary/aromatic N) is 1. The Hall–Kier alpha value is -1.71. The van der Waals surface area contributed by atoms with Crippen LogP contribution in [0.2, 0.25) is 0 Å². The number of H-pyrrole nitrogens is 1. The minimum absolute atomic E-state index is 0.0238. The summed E-state index contributed by atoms with van der Waals surface area (Å²) < 4.78 is 26.5. The smallest absolute Gasteiger partial charge is 0.264 e. The van der Waals surface area contributed by atoms with Crippen LogP contribution in [0.25, 0.3) is 0 Å². The monoisotopic (exact) mass is 301 g/mol. The van der Waals surface area contributed by atoms with Crippen LogP contribution >= 0.6 is 11.3 Å². The van der Waals surface area contributed by atoms with E-state index in [4.69, 9.17) is 5.11 Å². The van der Waals surface area contributed by atoms with Crippen LogP contribution in [0.4, 0.5) is 5.82 Å². The van der Waals surface area contributed by atoms with Gasteiger partial charge in [0.25, 0.3) is 15.6 Å². The summed E-state index contributed by atoms with van der Waals surface area (Å²) in [6.45, 7) is 1.44. The van der Waals surface area contributed by atoms with Gasteiger partial charge in [-0.1, -0.05) is 0 Å². The molecule has 2 aromatic rings. The molecule has 0 saturated carbocycles. The number of aromatic amines is 1. The fraction of sp³-hybridized carbons (Fsp3) is 0.200. The Morgan fingerprint density at radius 2 is 2.21 bits per heavy atom. The van der Waals surface area contributed by atoms with Crippen LogP contribution in [0, 0.1) is 6.92 Å². The van der Waals surface area contributed by atoms with Gasteiger partial charge < -0.3 is 5.11 Å². The zero-order valence-corrected chi connectivity index (χ0v) is 11.5. The molecule has 0 spiro atoms. The predicted octanol–water partition coefficient (Wildman–Crippen LogP) is 0.433. The van der Waals surface area contributed by atoms with Crippen molar-refractivity contribution in [2.45, 2.75) is 18.4 Å². The number of hydrogen-bond acceptors (Lipinski definition) is 6. The summed E-state index contributed by atoms with van der Waals surface area (Å²) in [5, 5.41) is 14.7. The number of anilines is 1. The van der Waals surface area contributed by atoms with Crippen molar-refractivity contribution < 1.29 is 13.5 Å². The fourth-order valence-corrected chi connectivity index (χ4v) is 3.96. The van der Waals surface area contributed by atoms with Gasteiger partial charge in [0.1, 0.15) is 4.90 Å². The van der Waals surface area contributed by atoms with Crippen LogP contribution in [0.5, 0.6) is 0 Å². The zero-order valence-electron chi connectivity index (χ0n) is 9.87. The lowest BCUT2D eigenvalue weighted by atomic mass is 10.4. The van der Waals surface area contributed by atoms with Gasteiger partial charge in [0.05, 0.1) is 6.61 Å². The Kier molecular flexibility index (Phi) is 3.69. The highest BCUT2D eigenvalue weighted by Crippen LogP contribution is 2.26. The summed E-state index contributed by atoms with van der Waals surface area (Å²) in [6, 6.07) is 3.85. The molecule has 0 aliphatic heterocycles. The summed E-state index contributed by atoms with van der Waals surface area (Å²) in [6.07, 6.45) is 0. The van der Waals surface area contributed by atoms with Crippen molar-refractivity contribution in [3.63, 3.8) is 0 Å². The molecule has 2 rings (SSSR count). The molecule has 2 aromatic heterocycles. The first kappa shape index (κ1) is 13.7. The Balaban J connectivity index is 2.34. The van der Waals surface area contributed by atoms with E-state index in [-0.39, 0.29) is 17.3 Å². The van der Waals surface area contributed by atoms with Crippen molar-refractivity contribution in [2.24, 2.45) is 0 Å².